The zero-order chi connectivity index (χ0) is 21.3. The lowest BCUT2D eigenvalue weighted by atomic mass is 9.65. The third kappa shape index (κ3) is 4.89. The molecule has 0 bridgehead atoms. The molecule has 6 atom stereocenters. The molecule has 6 unspecified atom stereocenters. The first-order valence-corrected chi connectivity index (χ1v) is 12.1. The van der Waals surface area contributed by atoms with E-state index in [-0.39, 0.29) is 0 Å². The van der Waals surface area contributed by atoms with Gasteiger partial charge in [-0.25, -0.2) is 4.79 Å². The van der Waals surface area contributed by atoms with E-state index in [0.717, 1.165) is 17.9 Å². The molecule has 2 fully saturated rings. The number of carboxylic acids is 1. The molecule has 2 saturated carbocycles. The van der Waals surface area contributed by atoms with Crippen LogP contribution in [-0.4, -0.2) is 11.1 Å². The third-order valence-corrected chi connectivity index (χ3v) is 8.18. The lowest BCUT2D eigenvalue weighted by Crippen LogP contribution is -2.29. The molecule has 0 amide bonds. The molecular formula is C27H42O2. The molecule has 1 aromatic carbocycles. The van der Waals surface area contributed by atoms with Crippen LogP contribution in [0.5, 0.6) is 0 Å². The first kappa shape index (κ1) is 22.4. The van der Waals surface area contributed by atoms with Crippen LogP contribution in [0, 0.1) is 35.5 Å². The van der Waals surface area contributed by atoms with E-state index in [1.165, 1.54) is 37.7 Å². The smallest absolute Gasteiger partial charge is 0.335 e. The van der Waals surface area contributed by atoms with Crippen LogP contribution in [0.1, 0.15) is 113 Å². The Hall–Kier alpha value is -1.31. The van der Waals surface area contributed by atoms with E-state index in [9.17, 15) is 9.90 Å². The van der Waals surface area contributed by atoms with E-state index >= 15 is 0 Å². The summed E-state index contributed by atoms with van der Waals surface area (Å²) in [5.41, 5.74) is 3.07. The van der Waals surface area contributed by atoms with Crippen molar-refractivity contribution in [2.24, 2.45) is 35.5 Å². The average molecular weight is 399 g/mol. The second-order valence-corrected chi connectivity index (χ2v) is 11.0. The summed E-state index contributed by atoms with van der Waals surface area (Å²) < 4.78 is 0. The van der Waals surface area contributed by atoms with Crippen molar-refractivity contribution in [1.82, 2.24) is 0 Å². The quantitative estimate of drug-likeness (QED) is 0.551. The van der Waals surface area contributed by atoms with Crippen molar-refractivity contribution in [3.63, 3.8) is 0 Å². The van der Waals surface area contributed by atoms with Crippen LogP contribution in [0.3, 0.4) is 0 Å². The predicted octanol–water partition coefficient (Wildman–Crippen LogP) is 7.74. The largest absolute Gasteiger partial charge is 0.478 e. The number of hydrogen-bond donors (Lipinski definition) is 1. The van der Waals surface area contributed by atoms with Gasteiger partial charge in [-0.05, 0) is 90.2 Å². The van der Waals surface area contributed by atoms with Gasteiger partial charge in [-0.1, -0.05) is 66.5 Å². The molecule has 0 heterocycles. The van der Waals surface area contributed by atoms with Crippen LogP contribution in [0.4, 0.5) is 0 Å². The molecule has 162 valence electrons. The highest BCUT2D eigenvalue weighted by Gasteiger charge is 2.36. The monoisotopic (exact) mass is 398 g/mol. The molecule has 2 aliphatic carbocycles. The Kier molecular flexibility index (Phi) is 7.12. The first-order chi connectivity index (χ1) is 13.7. The summed E-state index contributed by atoms with van der Waals surface area (Å²) in [6.45, 7) is 14.1. The summed E-state index contributed by atoms with van der Waals surface area (Å²) in [6, 6.07) is 6.40. The van der Waals surface area contributed by atoms with Crippen molar-refractivity contribution in [2.45, 2.75) is 91.9 Å². The SMILES string of the molecule is CC1CCC(C(C)C)C(c2ccc(C(=O)O)c(C3CC(C)CCC3C(C)C)c2)C1. The molecule has 2 aliphatic rings. The Morgan fingerprint density at radius 1 is 0.862 bits per heavy atom. The van der Waals surface area contributed by atoms with Crippen molar-refractivity contribution in [2.75, 3.05) is 0 Å². The van der Waals surface area contributed by atoms with E-state index in [4.69, 9.17) is 0 Å². The minimum Gasteiger partial charge on any atom is -0.478 e. The Balaban J connectivity index is 2.04. The molecular weight excluding hydrogens is 356 g/mol. The van der Waals surface area contributed by atoms with Crippen molar-refractivity contribution < 1.29 is 9.90 Å². The van der Waals surface area contributed by atoms with Crippen LogP contribution < -0.4 is 0 Å². The fraction of sp³-hybridized carbons (Fsp3) is 0.741. The van der Waals surface area contributed by atoms with Crippen molar-refractivity contribution in [3.05, 3.63) is 34.9 Å². The molecule has 1 N–H and O–H groups in total. The summed E-state index contributed by atoms with van der Waals surface area (Å²) in [5.74, 6) is 4.19. The fourth-order valence-corrected chi connectivity index (χ4v) is 6.46. The summed E-state index contributed by atoms with van der Waals surface area (Å²) >= 11 is 0. The second kappa shape index (κ2) is 9.23. The summed E-state index contributed by atoms with van der Waals surface area (Å²) in [6.07, 6.45) is 7.49. The normalized spacial score (nSPS) is 33.2. The van der Waals surface area contributed by atoms with Gasteiger partial charge in [-0.3, -0.25) is 0 Å². The van der Waals surface area contributed by atoms with Crippen LogP contribution in [-0.2, 0) is 0 Å². The molecule has 29 heavy (non-hydrogen) atoms. The number of carbonyl (C=O) groups is 1. The van der Waals surface area contributed by atoms with Gasteiger partial charge in [0.2, 0.25) is 0 Å². The maximum atomic E-state index is 12.1. The van der Waals surface area contributed by atoms with E-state index in [2.05, 4.69) is 53.7 Å². The van der Waals surface area contributed by atoms with E-state index in [1.807, 2.05) is 6.07 Å². The Labute approximate surface area is 178 Å². The summed E-state index contributed by atoms with van der Waals surface area (Å²) in [5, 5.41) is 9.97. The van der Waals surface area contributed by atoms with Gasteiger partial charge in [0, 0.05) is 0 Å². The van der Waals surface area contributed by atoms with Gasteiger partial charge in [0.25, 0.3) is 0 Å². The molecule has 3 rings (SSSR count). The van der Waals surface area contributed by atoms with E-state index in [1.54, 1.807) is 0 Å². The molecule has 1 aromatic rings. The molecule has 0 spiro atoms. The van der Waals surface area contributed by atoms with Crippen LogP contribution >= 0.6 is 0 Å². The van der Waals surface area contributed by atoms with Crippen LogP contribution in [0.15, 0.2) is 18.2 Å². The molecule has 0 radical (unpaired) electrons. The summed E-state index contributed by atoms with van der Waals surface area (Å²) in [7, 11) is 0. The van der Waals surface area contributed by atoms with Gasteiger partial charge in [-0.2, -0.15) is 0 Å². The van der Waals surface area contributed by atoms with Crippen LogP contribution in [0.25, 0.3) is 0 Å². The van der Waals surface area contributed by atoms with Crippen molar-refractivity contribution >= 4 is 5.97 Å². The maximum Gasteiger partial charge on any atom is 0.335 e. The molecule has 2 nitrogen and oxygen atoms in total. The lowest BCUT2D eigenvalue weighted by Gasteiger charge is -2.40. The molecule has 0 saturated heterocycles. The molecule has 0 aliphatic heterocycles. The minimum absolute atomic E-state index is 0.378. The highest BCUT2D eigenvalue weighted by atomic mass is 16.4. The number of aromatic carboxylic acids is 1. The number of carboxylic acid groups (broad SMARTS) is 1. The Morgan fingerprint density at radius 3 is 1.90 bits per heavy atom. The average Bonchev–Trinajstić information content (AvgIpc) is 2.66. The standard InChI is InChI=1S/C27H42O2/c1-16(2)21-10-7-18(5)13-24(21)20-9-12-23(27(28)29)26(15-20)25-14-19(6)8-11-22(25)17(3)4/h9,12,15-19,21-22,24-25H,7-8,10-11,13-14H2,1-6H3,(H,28,29). The van der Waals surface area contributed by atoms with Crippen LogP contribution in [0.2, 0.25) is 0 Å². The highest BCUT2D eigenvalue weighted by Crippen LogP contribution is 2.48. The first-order valence-electron chi connectivity index (χ1n) is 12.1. The van der Waals surface area contributed by atoms with Gasteiger partial charge in [0.05, 0.1) is 5.56 Å². The van der Waals surface area contributed by atoms with Gasteiger partial charge in [0.1, 0.15) is 0 Å². The molecule has 2 heteroatoms. The highest BCUT2D eigenvalue weighted by molar-refractivity contribution is 5.89. The van der Waals surface area contributed by atoms with Crippen molar-refractivity contribution in [3.8, 4) is 0 Å². The number of rotatable bonds is 5. The zero-order valence-electron chi connectivity index (χ0n) is 19.4. The van der Waals surface area contributed by atoms with Gasteiger partial charge < -0.3 is 5.11 Å². The van der Waals surface area contributed by atoms with Gasteiger partial charge in [-0.15, -0.1) is 0 Å². The topological polar surface area (TPSA) is 37.3 Å². The molecule has 0 aromatic heterocycles. The third-order valence-electron chi connectivity index (χ3n) is 8.18. The zero-order valence-corrected chi connectivity index (χ0v) is 19.4. The number of benzene rings is 1. The van der Waals surface area contributed by atoms with Crippen molar-refractivity contribution in [1.29, 1.82) is 0 Å². The maximum absolute atomic E-state index is 12.1. The Morgan fingerprint density at radius 2 is 1.38 bits per heavy atom. The fourth-order valence-electron chi connectivity index (χ4n) is 6.46. The van der Waals surface area contributed by atoms with Gasteiger partial charge in [0.15, 0.2) is 0 Å². The van der Waals surface area contributed by atoms with Gasteiger partial charge >= 0.3 is 5.97 Å². The van der Waals surface area contributed by atoms with E-state index in [0.29, 0.717) is 47.0 Å². The summed E-state index contributed by atoms with van der Waals surface area (Å²) in [4.78, 5) is 12.1. The Bertz CT molecular complexity index is 704. The number of hydrogen-bond acceptors (Lipinski definition) is 1. The van der Waals surface area contributed by atoms with E-state index < -0.39 is 5.97 Å². The second-order valence-electron chi connectivity index (χ2n) is 11.0. The minimum atomic E-state index is -0.760. The predicted molar refractivity (Wildman–Crippen MR) is 122 cm³/mol. The lowest BCUT2D eigenvalue weighted by molar-refractivity contribution is 0.0692.